The van der Waals surface area contributed by atoms with Crippen LogP contribution in [0.3, 0.4) is 0 Å². The van der Waals surface area contributed by atoms with Crippen LogP contribution in [0.5, 0.6) is 5.75 Å². The Kier molecular flexibility index (Phi) is 7.45. The van der Waals surface area contributed by atoms with Gasteiger partial charge in [0, 0.05) is 18.5 Å². The normalized spacial score (nSPS) is 11.8. The number of esters is 1. The number of carbonyl (C=O) groups is 2. The fourth-order valence-corrected chi connectivity index (χ4v) is 2.89. The predicted molar refractivity (Wildman–Crippen MR) is 108 cm³/mol. The molecule has 152 valence electrons. The molecule has 1 aromatic heterocycles. The van der Waals surface area contributed by atoms with Gasteiger partial charge in [0.25, 0.3) is 5.91 Å². The topological polar surface area (TPSA) is 82.4 Å². The summed E-state index contributed by atoms with van der Waals surface area (Å²) in [5.41, 5.74) is 3.11. The molecule has 0 saturated carbocycles. The van der Waals surface area contributed by atoms with Crippen LogP contribution in [-0.2, 0) is 21.4 Å². The van der Waals surface area contributed by atoms with Crippen LogP contribution in [0.15, 0.2) is 18.2 Å². The highest BCUT2D eigenvalue weighted by Gasteiger charge is 2.20. The number of nitrogens with one attached hydrogen (secondary N) is 1. The van der Waals surface area contributed by atoms with Crippen molar-refractivity contribution in [1.82, 2.24) is 9.78 Å². The maximum Gasteiger partial charge on any atom is 0.306 e. The number of hydrogen-bond donors (Lipinski definition) is 1. The van der Waals surface area contributed by atoms with Gasteiger partial charge >= 0.3 is 5.97 Å². The van der Waals surface area contributed by atoms with Crippen molar-refractivity contribution in [3.8, 4) is 5.75 Å². The molecule has 28 heavy (non-hydrogen) atoms. The number of benzene rings is 1. The quantitative estimate of drug-likeness (QED) is 0.532. The fourth-order valence-electron chi connectivity index (χ4n) is 2.66. The third-order valence-corrected chi connectivity index (χ3v) is 4.59. The molecule has 1 N–H and O–H groups in total. The first-order chi connectivity index (χ1) is 13.2. The van der Waals surface area contributed by atoms with Crippen LogP contribution >= 0.6 is 11.6 Å². The van der Waals surface area contributed by atoms with Gasteiger partial charge in [-0.3, -0.25) is 14.3 Å². The van der Waals surface area contributed by atoms with Crippen molar-refractivity contribution in [2.45, 2.75) is 46.6 Å². The molecule has 2 aromatic rings. The molecule has 8 heteroatoms. The van der Waals surface area contributed by atoms with Crippen LogP contribution in [-0.4, -0.2) is 34.4 Å². The summed E-state index contributed by atoms with van der Waals surface area (Å²) in [5, 5.41) is 7.66. The van der Waals surface area contributed by atoms with Crippen LogP contribution in [0.25, 0.3) is 0 Å². The number of amides is 1. The maximum absolute atomic E-state index is 12.3. The summed E-state index contributed by atoms with van der Waals surface area (Å²) in [6.45, 7) is 7.48. The van der Waals surface area contributed by atoms with Gasteiger partial charge in [-0.2, -0.15) is 5.10 Å². The summed E-state index contributed by atoms with van der Waals surface area (Å²) < 4.78 is 12.5. The van der Waals surface area contributed by atoms with Crippen molar-refractivity contribution in [3.05, 3.63) is 40.2 Å². The molecule has 1 amide bonds. The molecule has 0 bridgehead atoms. The average molecular weight is 408 g/mol. The summed E-state index contributed by atoms with van der Waals surface area (Å²) in [6, 6.07) is 5.37. The monoisotopic (exact) mass is 407 g/mol. The van der Waals surface area contributed by atoms with Crippen LogP contribution in [0.2, 0.25) is 5.02 Å². The predicted octanol–water partition coefficient (Wildman–Crippen LogP) is 3.73. The molecular formula is C20H26ClN3O4. The number of halogens is 1. The number of aromatic nitrogens is 2. The van der Waals surface area contributed by atoms with Crippen molar-refractivity contribution in [3.63, 3.8) is 0 Å². The molecule has 0 aliphatic rings. The van der Waals surface area contributed by atoms with Crippen molar-refractivity contribution >= 4 is 29.2 Å². The van der Waals surface area contributed by atoms with Gasteiger partial charge in [0.05, 0.1) is 23.7 Å². The summed E-state index contributed by atoms with van der Waals surface area (Å²) in [4.78, 5) is 24.3. The molecule has 0 aliphatic heterocycles. The Bertz CT molecular complexity index is 863. The summed E-state index contributed by atoms with van der Waals surface area (Å²) in [7, 11) is 1.80. The lowest BCUT2D eigenvalue weighted by molar-refractivity contribution is -0.153. The second kappa shape index (κ2) is 9.59. The minimum atomic E-state index is -0.897. The van der Waals surface area contributed by atoms with Crippen molar-refractivity contribution in [2.75, 3.05) is 11.9 Å². The molecule has 2 rings (SSSR count). The van der Waals surface area contributed by atoms with Crippen LogP contribution in [0, 0.1) is 20.8 Å². The standard InChI is InChI=1S/C20H26ClN3O4/c1-12-11-16(21)8-9-17(12)27-10-6-7-18(25)28-15(4)20(26)22-19-13(2)23-24(5)14(19)3/h8-9,11,15H,6-7,10H2,1-5H3,(H,22,26)/t15-/m1/s1. The number of anilines is 1. The van der Waals surface area contributed by atoms with Crippen LogP contribution in [0.4, 0.5) is 5.69 Å². The second-order valence-corrected chi connectivity index (χ2v) is 7.09. The van der Waals surface area contributed by atoms with E-state index in [0.29, 0.717) is 29.4 Å². The van der Waals surface area contributed by atoms with E-state index in [9.17, 15) is 9.59 Å². The number of ether oxygens (including phenoxy) is 2. The molecule has 0 radical (unpaired) electrons. The van der Waals surface area contributed by atoms with Crippen LogP contribution < -0.4 is 10.1 Å². The molecule has 0 fully saturated rings. The minimum Gasteiger partial charge on any atom is -0.493 e. The van der Waals surface area contributed by atoms with E-state index in [0.717, 1.165) is 17.0 Å². The molecule has 0 spiro atoms. The summed E-state index contributed by atoms with van der Waals surface area (Å²) in [5.74, 6) is -0.105. The van der Waals surface area contributed by atoms with E-state index < -0.39 is 12.1 Å². The van der Waals surface area contributed by atoms with E-state index in [2.05, 4.69) is 10.4 Å². The molecule has 1 aromatic carbocycles. The number of hydrogen-bond acceptors (Lipinski definition) is 5. The van der Waals surface area contributed by atoms with E-state index in [4.69, 9.17) is 21.1 Å². The zero-order chi connectivity index (χ0) is 20.8. The number of aryl methyl sites for hydroxylation is 3. The van der Waals surface area contributed by atoms with Crippen LogP contribution in [0.1, 0.15) is 36.7 Å². The fraction of sp³-hybridized carbons (Fsp3) is 0.450. The Labute approximate surface area is 170 Å². The summed E-state index contributed by atoms with van der Waals surface area (Å²) in [6.07, 6.45) is -0.253. The van der Waals surface area contributed by atoms with Gasteiger partial charge in [0.15, 0.2) is 6.10 Å². The van der Waals surface area contributed by atoms with E-state index >= 15 is 0 Å². The first kappa shape index (κ1) is 21.8. The maximum atomic E-state index is 12.3. The number of carbonyl (C=O) groups excluding carboxylic acids is 2. The third-order valence-electron chi connectivity index (χ3n) is 4.35. The Hall–Kier alpha value is -2.54. The van der Waals surface area contributed by atoms with Crippen molar-refractivity contribution in [2.24, 2.45) is 7.05 Å². The molecule has 1 heterocycles. The molecule has 0 saturated heterocycles. The lowest BCUT2D eigenvalue weighted by Crippen LogP contribution is -2.30. The molecule has 0 aliphatic carbocycles. The molecule has 0 unspecified atom stereocenters. The van der Waals surface area contributed by atoms with E-state index in [1.807, 2.05) is 26.8 Å². The Morgan fingerprint density at radius 1 is 1.29 bits per heavy atom. The lowest BCUT2D eigenvalue weighted by Gasteiger charge is -2.14. The second-order valence-electron chi connectivity index (χ2n) is 6.65. The van der Waals surface area contributed by atoms with Gasteiger partial charge in [0.2, 0.25) is 0 Å². The first-order valence-corrected chi connectivity index (χ1v) is 9.46. The average Bonchev–Trinajstić information content (AvgIpc) is 2.86. The first-order valence-electron chi connectivity index (χ1n) is 9.08. The van der Waals surface area contributed by atoms with Gasteiger partial charge < -0.3 is 14.8 Å². The highest BCUT2D eigenvalue weighted by atomic mass is 35.5. The van der Waals surface area contributed by atoms with Gasteiger partial charge in [-0.15, -0.1) is 0 Å². The van der Waals surface area contributed by atoms with Crippen molar-refractivity contribution in [1.29, 1.82) is 0 Å². The smallest absolute Gasteiger partial charge is 0.306 e. The van der Waals surface area contributed by atoms with E-state index in [-0.39, 0.29) is 12.3 Å². The minimum absolute atomic E-state index is 0.162. The van der Waals surface area contributed by atoms with Gasteiger partial charge in [0.1, 0.15) is 5.75 Å². The highest BCUT2D eigenvalue weighted by Crippen LogP contribution is 2.22. The lowest BCUT2D eigenvalue weighted by atomic mass is 10.2. The zero-order valence-electron chi connectivity index (χ0n) is 16.8. The number of nitrogens with zero attached hydrogens (tertiary/aromatic N) is 2. The van der Waals surface area contributed by atoms with Gasteiger partial charge in [-0.1, -0.05) is 11.6 Å². The molecule has 7 nitrogen and oxygen atoms in total. The third kappa shape index (κ3) is 5.73. The SMILES string of the molecule is Cc1cc(Cl)ccc1OCCCC(=O)O[C@H](C)C(=O)Nc1c(C)nn(C)c1C. The Morgan fingerprint density at radius 3 is 2.61 bits per heavy atom. The molecular weight excluding hydrogens is 382 g/mol. The highest BCUT2D eigenvalue weighted by molar-refractivity contribution is 6.30. The zero-order valence-corrected chi connectivity index (χ0v) is 17.6. The Balaban J connectivity index is 1.75. The molecule has 1 atom stereocenters. The van der Waals surface area contributed by atoms with E-state index in [1.165, 1.54) is 0 Å². The van der Waals surface area contributed by atoms with Gasteiger partial charge in [-0.05, 0) is 57.9 Å². The van der Waals surface area contributed by atoms with E-state index in [1.54, 1.807) is 30.8 Å². The number of rotatable bonds is 8. The largest absolute Gasteiger partial charge is 0.493 e. The summed E-state index contributed by atoms with van der Waals surface area (Å²) >= 11 is 5.91. The Morgan fingerprint density at radius 2 is 2.00 bits per heavy atom. The van der Waals surface area contributed by atoms with Crippen molar-refractivity contribution < 1.29 is 19.1 Å². The van der Waals surface area contributed by atoms with Gasteiger partial charge in [-0.25, -0.2) is 0 Å².